The number of benzene rings is 1. The fraction of sp³-hybridized carbons (Fsp3) is 0.474. The molecule has 152 valence electrons. The highest BCUT2D eigenvalue weighted by Crippen LogP contribution is 2.21. The quantitative estimate of drug-likeness (QED) is 0.723. The minimum Gasteiger partial charge on any atom is -0.455 e. The molecule has 28 heavy (non-hydrogen) atoms. The lowest BCUT2D eigenvalue weighted by Gasteiger charge is -2.31. The summed E-state index contributed by atoms with van der Waals surface area (Å²) >= 11 is 5.83. The summed E-state index contributed by atoms with van der Waals surface area (Å²) in [7, 11) is 0. The first-order valence-electron chi connectivity index (χ1n) is 9.08. The number of rotatable bonds is 5. The molecule has 0 aromatic heterocycles. The lowest BCUT2D eigenvalue weighted by atomic mass is 9.96. The molecule has 0 aliphatic carbocycles. The van der Waals surface area contributed by atoms with E-state index in [2.05, 4.69) is 10.6 Å². The molecule has 0 spiro atoms. The van der Waals surface area contributed by atoms with Crippen LogP contribution in [0, 0.1) is 5.92 Å². The Morgan fingerprint density at radius 1 is 1.14 bits per heavy atom. The molecule has 2 N–H and O–H groups in total. The zero-order chi connectivity index (χ0) is 20.7. The fourth-order valence-electron chi connectivity index (χ4n) is 2.81. The number of imide groups is 1. The lowest BCUT2D eigenvalue weighted by molar-refractivity contribution is -0.153. The molecule has 1 aromatic carbocycles. The monoisotopic (exact) mass is 409 g/mol. The van der Waals surface area contributed by atoms with E-state index in [0.29, 0.717) is 36.5 Å². The van der Waals surface area contributed by atoms with Gasteiger partial charge in [-0.25, -0.2) is 4.79 Å². The number of nitrogens with zero attached hydrogens (tertiary/aromatic N) is 1. The van der Waals surface area contributed by atoms with Crippen LogP contribution in [0.4, 0.5) is 4.79 Å². The summed E-state index contributed by atoms with van der Waals surface area (Å²) in [5, 5.41) is 5.14. The Morgan fingerprint density at radius 3 is 2.32 bits per heavy atom. The maximum atomic E-state index is 12.5. The van der Waals surface area contributed by atoms with E-state index >= 15 is 0 Å². The van der Waals surface area contributed by atoms with Crippen molar-refractivity contribution in [1.29, 1.82) is 0 Å². The van der Waals surface area contributed by atoms with Crippen molar-refractivity contribution in [3.8, 4) is 0 Å². The summed E-state index contributed by atoms with van der Waals surface area (Å²) < 4.78 is 4.99. The molecule has 0 unspecified atom stereocenters. The van der Waals surface area contributed by atoms with Crippen LogP contribution in [0.1, 0.15) is 37.0 Å². The van der Waals surface area contributed by atoms with Crippen LogP contribution in [0.15, 0.2) is 24.3 Å². The predicted octanol–water partition coefficient (Wildman–Crippen LogP) is 1.97. The third-order valence-corrected chi connectivity index (χ3v) is 4.48. The Bertz CT molecular complexity index is 728. The van der Waals surface area contributed by atoms with E-state index in [4.69, 9.17) is 16.3 Å². The molecular weight excluding hydrogens is 386 g/mol. The molecule has 1 aromatic rings. The number of piperidine rings is 1. The maximum Gasteiger partial charge on any atom is 0.321 e. The fourth-order valence-corrected chi connectivity index (χ4v) is 2.93. The van der Waals surface area contributed by atoms with Crippen LogP contribution in [-0.2, 0) is 14.3 Å². The van der Waals surface area contributed by atoms with E-state index in [9.17, 15) is 19.2 Å². The summed E-state index contributed by atoms with van der Waals surface area (Å²) in [4.78, 5) is 49.3. The first kappa shape index (κ1) is 21.7. The first-order valence-corrected chi connectivity index (χ1v) is 9.46. The summed E-state index contributed by atoms with van der Waals surface area (Å²) in [6, 6.07) is 5.90. The average molecular weight is 410 g/mol. The molecule has 1 aliphatic rings. The smallest absolute Gasteiger partial charge is 0.321 e. The van der Waals surface area contributed by atoms with Crippen LogP contribution in [0.3, 0.4) is 0 Å². The van der Waals surface area contributed by atoms with Crippen molar-refractivity contribution in [3.63, 3.8) is 0 Å². The van der Waals surface area contributed by atoms with Crippen molar-refractivity contribution in [2.24, 2.45) is 5.92 Å². The SMILES string of the molecule is CC(C)NC(=O)NC(=O)COC(=O)C1CCN(C(=O)c2ccc(Cl)cc2)CC1. The Hall–Kier alpha value is -2.61. The molecule has 0 bridgehead atoms. The van der Waals surface area contributed by atoms with E-state index in [1.54, 1.807) is 43.0 Å². The van der Waals surface area contributed by atoms with Gasteiger partial charge in [-0.1, -0.05) is 11.6 Å². The zero-order valence-electron chi connectivity index (χ0n) is 15.9. The zero-order valence-corrected chi connectivity index (χ0v) is 16.6. The Kier molecular flexibility index (Phi) is 7.80. The van der Waals surface area contributed by atoms with Crippen molar-refractivity contribution < 1.29 is 23.9 Å². The summed E-state index contributed by atoms with van der Waals surface area (Å²) in [6.45, 7) is 3.84. The second kappa shape index (κ2) is 10.1. The van der Waals surface area contributed by atoms with Gasteiger partial charge in [0.25, 0.3) is 11.8 Å². The van der Waals surface area contributed by atoms with Crippen molar-refractivity contribution >= 4 is 35.4 Å². The molecule has 0 atom stereocenters. The number of halogens is 1. The second-order valence-electron chi connectivity index (χ2n) is 6.86. The van der Waals surface area contributed by atoms with E-state index in [1.807, 2.05) is 0 Å². The third kappa shape index (κ3) is 6.53. The molecule has 0 radical (unpaired) electrons. The van der Waals surface area contributed by atoms with Crippen molar-refractivity contribution in [2.45, 2.75) is 32.7 Å². The molecule has 9 heteroatoms. The number of esters is 1. The summed E-state index contributed by atoms with van der Waals surface area (Å²) in [6.07, 6.45) is 0.904. The number of carbonyl (C=O) groups is 4. The van der Waals surface area contributed by atoms with E-state index < -0.39 is 24.5 Å². The number of nitrogens with one attached hydrogen (secondary N) is 2. The van der Waals surface area contributed by atoms with E-state index in [-0.39, 0.29) is 17.9 Å². The standard InChI is InChI=1S/C19H24ClN3O5/c1-12(2)21-19(27)22-16(24)11-28-18(26)14-7-9-23(10-8-14)17(25)13-3-5-15(20)6-4-13/h3-6,12,14H,7-11H2,1-2H3,(H2,21,22,24,27). The minimum absolute atomic E-state index is 0.112. The van der Waals surface area contributed by atoms with Gasteiger partial charge in [-0.05, 0) is 51.0 Å². The predicted molar refractivity (Wildman–Crippen MR) is 103 cm³/mol. The van der Waals surface area contributed by atoms with E-state index in [1.165, 1.54) is 0 Å². The van der Waals surface area contributed by atoms with Crippen LogP contribution in [0.2, 0.25) is 5.02 Å². The van der Waals surface area contributed by atoms with Crippen LogP contribution < -0.4 is 10.6 Å². The van der Waals surface area contributed by atoms with Gasteiger partial charge in [0.1, 0.15) is 0 Å². The van der Waals surface area contributed by atoms with E-state index in [0.717, 1.165) is 0 Å². The highest BCUT2D eigenvalue weighted by molar-refractivity contribution is 6.30. The topological polar surface area (TPSA) is 105 Å². The highest BCUT2D eigenvalue weighted by Gasteiger charge is 2.29. The number of urea groups is 1. The minimum atomic E-state index is -0.693. The molecule has 2 rings (SSSR count). The molecular formula is C19H24ClN3O5. The van der Waals surface area contributed by atoms with Crippen molar-refractivity contribution in [1.82, 2.24) is 15.5 Å². The molecule has 1 saturated heterocycles. The van der Waals surface area contributed by atoms with Gasteiger partial charge < -0.3 is 15.0 Å². The molecule has 1 heterocycles. The first-order chi connectivity index (χ1) is 13.3. The molecule has 4 amide bonds. The number of amides is 4. The lowest BCUT2D eigenvalue weighted by Crippen LogP contribution is -2.44. The number of likely N-dealkylation sites (tertiary alicyclic amines) is 1. The van der Waals surface area contributed by atoms with Crippen molar-refractivity contribution in [3.05, 3.63) is 34.9 Å². The average Bonchev–Trinajstić information content (AvgIpc) is 2.65. The summed E-state index contributed by atoms with van der Waals surface area (Å²) in [5.74, 6) is -1.69. The number of hydrogen-bond acceptors (Lipinski definition) is 5. The largest absolute Gasteiger partial charge is 0.455 e. The Balaban J connectivity index is 1.74. The van der Waals surface area contributed by atoms with Crippen LogP contribution in [0.25, 0.3) is 0 Å². The Morgan fingerprint density at radius 2 is 1.75 bits per heavy atom. The molecule has 1 fully saturated rings. The van der Waals surface area contributed by atoms with Crippen LogP contribution in [-0.4, -0.2) is 54.5 Å². The van der Waals surface area contributed by atoms with Gasteiger partial charge in [-0.2, -0.15) is 0 Å². The van der Waals surface area contributed by atoms with Crippen molar-refractivity contribution in [2.75, 3.05) is 19.7 Å². The normalized spacial score (nSPS) is 14.5. The molecule has 1 aliphatic heterocycles. The second-order valence-corrected chi connectivity index (χ2v) is 7.29. The summed E-state index contributed by atoms with van der Waals surface area (Å²) in [5.41, 5.74) is 0.543. The number of hydrogen-bond donors (Lipinski definition) is 2. The Labute approximate surface area is 168 Å². The maximum absolute atomic E-state index is 12.5. The number of ether oxygens (including phenoxy) is 1. The van der Waals surface area contributed by atoms with Gasteiger partial charge >= 0.3 is 12.0 Å². The van der Waals surface area contributed by atoms with Crippen LogP contribution in [0.5, 0.6) is 0 Å². The molecule has 0 saturated carbocycles. The van der Waals surface area contributed by atoms with Gasteiger partial charge in [0.15, 0.2) is 6.61 Å². The third-order valence-electron chi connectivity index (χ3n) is 4.22. The number of carbonyl (C=O) groups excluding carboxylic acids is 4. The van der Waals surface area contributed by atoms with Gasteiger partial charge in [0, 0.05) is 29.7 Å². The van der Waals surface area contributed by atoms with Gasteiger partial charge in [-0.15, -0.1) is 0 Å². The van der Waals surface area contributed by atoms with Gasteiger partial charge in [0.2, 0.25) is 0 Å². The van der Waals surface area contributed by atoms with Gasteiger partial charge in [0.05, 0.1) is 5.92 Å². The van der Waals surface area contributed by atoms with Crippen LogP contribution >= 0.6 is 11.6 Å². The van der Waals surface area contributed by atoms with Gasteiger partial charge in [-0.3, -0.25) is 19.7 Å². The highest BCUT2D eigenvalue weighted by atomic mass is 35.5. The molecule has 8 nitrogen and oxygen atoms in total.